The molecule has 0 spiro atoms. The summed E-state index contributed by atoms with van der Waals surface area (Å²) >= 11 is 0. The van der Waals surface area contributed by atoms with Crippen LogP contribution in [0.5, 0.6) is 11.5 Å². The lowest BCUT2D eigenvalue weighted by Crippen LogP contribution is -2.42. The molecule has 0 unspecified atom stereocenters. The quantitative estimate of drug-likeness (QED) is 0.403. The van der Waals surface area contributed by atoms with Crippen molar-refractivity contribution in [1.29, 1.82) is 0 Å². The van der Waals surface area contributed by atoms with Gasteiger partial charge in [0.25, 0.3) is 10.0 Å². The molecule has 7 nitrogen and oxygen atoms in total. The van der Waals surface area contributed by atoms with Crippen LogP contribution in [0.4, 0.5) is 5.69 Å². The summed E-state index contributed by atoms with van der Waals surface area (Å²) < 4.78 is 39.3. The van der Waals surface area contributed by atoms with Gasteiger partial charge in [-0.25, -0.2) is 8.42 Å². The standard InChI is InChI=1S/C29H34N2O5S/c1-4-26(23-14-13-21-9-5-6-10-22(21)19-23)30-29(32)20-31(27-11-7-8-12-28(27)36-3)37(33,34)25-17-15-24(35-2)16-18-25/h7-8,11-19,26H,4-6,9-10,20H2,1-3H3,(H,30,32)/t26-/m1/s1. The number of amides is 1. The topological polar surface area (TPSA) is 84.9 Å². The average molecular weight is 523 g/mol. The summed E-state index contributed by atoms with van der Waals surface area (Å²) in [4.78, 5) is 13.4. The number of hydrogen-bond donors (Lipinski definition) is 1. The van der Waals surface area contributed by atoms with E-state index in [1.54, 1.807) is 36.4 Å². The number of sulfonamides is 1. The highest BCUT2D eigenvalue weighted by Gasteiger charge is 2.30. The van der Waals surface area contributed by atoms with Crippen molar-refractivity contribution in [2.45, 2.75) is 50.0 Å². The average Bonchev–Trinajstić information content (AvgIpc) is 2.94. The van der Waals surface area contributed by atoms with Crippen molar-refractivity contribution < 1.29 is 22.7 Å². The van der Waals surface area contributed by atoms with Gasteiger partial charge in [-0.3, -0.25) is 9.10 Å². The zero-order valence-corrected chi connectivity index (χ0v) is 22.4. The van der Waals surface area contributed by atoms with Crippen molar-refractivity contribution in [3.8, 4) is 11.5 Å². The fraction of sp³-hybridized carbons (Fsp3) is 0.345. The van der Waals surface area contributed by atoms with Crippen LogP contribution in [0.15, 0.2) is 71.6 Å². The number of nitrogens with one attached hydrogen (secondary N) is 1. The second-order valence-corrected chi connectivity index (χ2v) is 11.0. The number of aryl methyl sites for hydroxylation is 2. The van der Waals surface area contributed by atoms with Gasteiger partial charge in [-0.05, 0) is 85.2 Å². The predicted molar refractivity (Wildman–Crippen MR) is 145 cm³/mol. The summed E-state index contributed by atoms with van der Waals surface area (Å²) in [7, 11) is -1.10. The SMILES string of the molecule is CC[C@@H](NC(=O)CN(c1ccccc1OC)S(=O)(=O)c1ccc(OC)cc1)c1ccc2c(c1)CCCC2. The highest BCUT2D eigenvalue weighted by molar-refractivity contribution is 7.92. The number of fused-ring (bicyclic) bond motifs is 1. The Labute approximate surface area is 219 Å². The van der Waals surface area contributed by atoms with Crippen molar-refractivity contribution in [3.05, 3.63) is 83.4 Å². The van der Waals surface area contributed by atoms with Crippen LogP contribution in [0.3, 0.4) is 0 Å². The molecule has 1 aliphatic carbocycles. The lowest BCUT2D eigenvalue weighted by molar-refractivity contribution is -0.120. The highest BCUT2D eigenvalue weighted by atomic mass is 32.2. The molecule has 1 N–H and O–H groups in total. The number of anilines is 1. The van der Waals surface area contributed by atoms with Crippen LogP contribution < -0.4 is 19.1 Å². The molecule has 0 saturated carbocycles. The zero-order valence-electron chi connectivity index (χ0n) is 21.6. The van der Waals surface area contributed by atoms with E-state index in [4.69, 9.17) is 9.47 Å². The number of carbonyl (C=O) groups excluding carboxylic acids is 1. The molecule has 0 aromatic heterocycles. The van der Waals surface area contributed by atoms with Crippen LogP contribution >= 0.6 is 0 Å². The van der Waals surface area contributed by atoms with Crippen LogP contribution in [0.1, 0.15) is 48.9 Å². The number of methoxy groups -OCH3 is 2. The molecule has 0 bridgehead atoms. The van der Waals surface area contributed by atoms with Gasteiger partial charge in [-0.15, -0.1) is 0 Å². The van der Waals surface area contributed by atoms with Crippen LogP contribution in [-0.4, -0.2) is 35.1 Å². The van der Waals surface area contributed by atoms with E-state index in [1.165, 1.54) is 50.3 Å². The summed E-state index contributed by atoms with van der Waals surface area (Å²) in [5.41, 5.74) is 4.05. The monoisotopic (exact) mass is 522 g/mol. The molecule has 0 aliphatic heterocycles. The smallest absolute Gasteiger partial charge is 0.264 e. The molecule has 37 heavy (non-hydrogen) atoms. The summed E-state index contributed by atoms with van der Waals surface area (Å²) in [6, 6.07) is 19.1. The minimum absolute atomic E-state index is 0.0498. The first kappa shape index (κ1) is 26.5. The van der Waals surface area contributed by atoms with Gasteiger partial charge in [-0.2, -0.15) is 0 Å². The van der Waals surface area contributed by atoms with Gasteiger partial charge in [-0.1, -0.05) is 37.3 Å². The fourth-order valence-electron chi connectivity index (χ4n) is 4.77. The number of rotatable bonds is 10. The second kappa shape index (κ2) is 11.7. The highest BCUT2D eigenvalue weighted by Crippen LogP contribution is 2.33. The Morgan fingerprint density at radius 3 is 2.32 bits per heavy atom. The number of para-hydroxylation sites is 2. The molecule has 1 amide bonds. The van der Waals surface area contributed by atoms with E-state index in [-0.39, 0.29) is 16.6 Å². The van der Waals surface area contributed by atoms with E-state index in [2.05, 4.69) is 23.5 Å². The Bertz CT molecular complexity index is 1340. The summed E-state index contributed by atoms with van der Waals surface area (Å²) in [5, 5.41) is 3.06. The molecule has 0 radical (unpaired) electrons. The molecule has 0 fully saturated rings. The molecular weight excluding hydrogens is 488 g/mol. The first-order chi connectivity index (χ1) is 17.9. The van der Waals surface area contributed by atoms with Gasteiger partial charge in [0.2, 0.25) is 5.91 Å². The third kappa shape index (κ3) is 5.91. The van der Waals surface area contributed by atoms with E-state index < -0.39 is 22.5 Å². The summed E-state index contributed by atoms with van der Waals surface area (Å²) in [5.74, 6) is 0.498. The largest absolute Gasteiger partial charge is 0.497 e. The van der Waals surface area contributed by atoms with Crippen molar-refractivity contribution in [2.75, 3.05) is 25.1 Å². The van der Waals surface area contributed by atoms with Gasteiger partial charge < -0.3 is 14.8 Å². The molecule has 0 saturated heterocycles. The predicted octanol–water partition coefficient (Wildman–Crippen LogP) is 5.05. The lowest BCUT2D eigenvalue weighted by atomic mass is 9.89. The van der Waals surface area contributed by atoms with Gasteiger partial charge in [0.05, 0.1) is 30.8 Å². The first-order valence-electron chi connectivity index (χ1n) is 12.6. The van der Waals surface area contributed by atoms with Gasteiger partial charge in [0.15, 0.2) is 0 Å². The number of nitrogens with zero attached hydrogens (tertiary/aromatic N) is 1. The Hall–Kier alpha value is -3.52. The molecule has 196 valence electrons. The molecular formula is C29H34N2O5S. The van der Waals surface area contributed by atoms with Crippen LogP contribution in [0.2, 0.25) is 0 Å². The Balaban J connectivity index is 1.63. The fourth-order valence-corrected chi connectivity index (χ4v) is 6.20. The van der Waals surface area contributed by atoms with E-state index in [9.17, 15) is 13.2 Å². The van der Waals surface area contributed by atoms with Crippen LogP contribution in [-0.2, 0) is 27.7 Å². The van der Waals surface area contributed by atoms with E-state index >= 15 is 0 Å². The number of ether oxygens (including phenoxy) is 2. The first-order valence-corrected chi connectivity index (χ1v) is 14.0. The van der Waals surface area contributed by atoms with Gasteiger partial charge in [0, 0.05) is 0 Å². The molecule has 8 heteroatoms. The van der Waals surface area contributed by atoms with Gasteiger partial charge in [0.1, 0.15) is 18.0 Å². The zero-order chi connectivity index (χ0) is 26.4. The maximum absolute atomic E-state index is 13.8. The van der Waals surface area contributed by atoms with Crippen molar-refractivity contribution in [1.82, 2.24) is 5.32 Å². The van der Waals surface area contributed by atoms with Crippen molar-refractivity contribution >= 4 is 21.6 Å². The van der Waals surface area contributed by atoms with E-state index in [1.807, 2.05) is 6.92 Å². The maximum atomic E-state index is 13.8. The third-order valence-electron chi connectivity index (χ3n) is 6.81. The number of hydrogen-bond acceptors (Lipinski definition) is 5. The molecule has 3 aromatic rings. The van der Waals surface area contributed by atoms with Gasteiger partial charge >= 0.3 is 0 Å². The normalized spacial score (nSPS) is 13.8. The van der Waals surface area contributed by atoms with Crippen LogP contribution in [0.25, 0.3) is 0 Å². The Morgan fingerprint density at radius 2 is 1.65 bits per heavy atom. The van der Waals surface area contributed by atoms with Crippen molar-refractivity contribution in [3.63, 3.8) is 0 Å². The minimum Gasteiger partial charge on any atom is -0.497 e. The van der Waals surface area contributed by atoms with Crippen molar-refractivity contribution in [2.24, 2.45) is 0 Å². The number of benzene rings is 3. The molecule has 3 aromatic carbocycles. The molecule has 4 rings (SSSR count). The van der Waals surface area contributed by atoms with E-state index in [0.717, 1.165) is 22.7 Å². The third-order valence-corrected chi connectivity index (χ3v) is 8.58. The minimum atomic E-state index is -4.09. The molecule has 1 atom stereocenters. The summed E-state index contributed by atoms with van der Waals surface area (Å²) in [6.45, 7) is 1.62. The second-order valence-electron chi connectivity index (χ2n) is 9.12. The Kier molecular flexibility index (Phi) is 8.38. The summed E-state index contributed by atoms with van der Waals surface area (Å²) in [6.07, 6.45) is 5.22. The van der Waals surface area contributed by atoms with Crippen LogP contribution in [0, 0.1) is 0 Å². The van der Waals surface area contributed by atoms with E-state index in [0.29, 0.717) is 17.9 Å². The molecule has 0 heterocycles. The lowest BCUT2D eigenvalue weighted by Gasteiger charge is -2.27. The molecule has 1 aliphatic rings. The Morgan fingerprint density at radius 1 is 0.946 bits per heavy atom. The number of carbonyl (C=O) groups is 1. The maximum Gasteiger partial charge on any atom is 0.264 e.